The van der Waals surface area contributed by atoms with Gasteiger partial charge < -0.3 is 11.1 Å². The van der Waals surface area contributed by atoms with Crippen LogP contribution >= 0.6 is 0 Å². The van der Waals surface area contributed by atoms with Crippen LogP contribution in [0.15, 0.2) is 18.2 Å². The number of nitrogens with zero attached hydrogens (tertiary/aromatic N) is 3. The summed E-state index contributed by atoms with van der Waals surface area (Å²) >= 11 is 0. The van der Waals surface area contributed by atoms with E-state index in [1.807, 2.05) is 0 Å². The van der Waals surface area contributed by atoms with E-state index in [0.29, 0.717) is 17.3 Å². The van der Waals surface area contributed by atoms with Crippen LogP contribution in [0.1, 0.15) is 57.9 Å². The second-order valence-corrected chi connectivity index (χ2v) is 6.97. The molecule has 1 saturated heterocycles. The molecule has 0 spiro atoms. The van der Waals surface area contributed by atoms with Crippen molar-refractivity contribution >= 4 is 29.6 Å². The van der Waals surface area contributed by atoms with Gasteiger partial charge in [-0.15, -0.1) is 5.10 Å². The summed E-state index contributed by atoms with van der Waals surface area (Å²) in [5.41, 5.74) is 6.78. The average Bonchev–Trinajstić information content (AvgIpc) is 3.25. The summed E-state index contributed by atoms with van der Waals surface area (Å²) in [5, 5.41) is 11.9. The number of nitrogens with two attached hydrogens (primary N) is 1. The van der Waals surface area contributed by atoms with Crippen LogP contribution in [0.4, 0.5) is 5.95 Å². The zero-order valence-electron chi connectivity index (χ0n) is 15.6. The molecular formula is C18H19N7O4. The van der Waals surface area contributed by atoms with Crippen LogP contribution in [-0.2, 0) is 16.1 Å². The Balaban J connectivity index is 1.57. The monoisotopic (exact) mass is 397 g/mol. The number of piperidine rings is 1. The molecule has 11 heteroatoms. The minimum absolute atomic E-state index is 0.0744. The average molecular weight is 397 g/mol. The smallest absolute Gasteiger partial charge is 0.262 e. The zero-order valence-corrected chi connectivity index (χ0v) is 15.6. The van der Waals surface area contributed by atoms with Gasteiger partial charge in [0.15, 0.2) is 0 Å². The molecule has 29 heavy (non-hydrogen) atoms. The number of anilines is 1. The van der Waals surface area contributed by atoms with Crippen LogP contribution in [0, 0.1) is 0 Å². The first-order valence-electron chi connectivity index (χ1n) is 9.12. The Morgan fingerprint density at radius 1 is 1.28 bits per heavy atom. The van der Waals surface area contributed by atoms with Gasteiger partial charge in [0.25, 0.3) is 11.8 Å². The highest BCUT2D eigenvalue weighted by molar-refractivity contribution is 6.24. The van der Waals surface area contributed by atoms with E-state index in [9.17, 15) is 19.2 Å². The summed E-state index contributed by atoms with van der Waals surface area (Å²) in [7, 11) is 0. The Morgan fingerprint density at radius 2 is 2.07 bits per heavy atom. The Kier molecular flexibility index (Phi) is 4.59. The molecule has 0 radical (unpaired) electrons. The van der Waals surface area contributed by atoms with Crippen molar-refractivity contribution in [3.05, 3.63) is 40.7 Å². The van der Waals surface area contributed by atoms with Gasteiger partial charge in [-0.1, -0.05) is 12.1 Å². The maximum atomic E-state index is 13.0. The van der Waals surface area contributed by atoms with Gasteiger partial charge in [0, 0.05) is 13.0 Å². The lowest BCUT2D eigenvalue weighted by Crippen LogP contribution is -2.54. The number of fused-ring (bicyclic) bond motifs is 1. The lowest BCUT2D eigenvalue weighted by Gasteiger charge is -2.27. The summed E-state index contributed by atoms with van der Waals surface area (Å²) in [6.07, 6.45) is 0.186. The summed E-state index contributed by atoms with van der Waals surface area (Å²) in [6, 6.07) is 3.62. The highest BCUT2D eigenvalue weighted by atomic mass is 16.2. The maximum absolute atomic E-state index is 13.0. The number of hydrogen-bond acceptors (Lipinski definition) is 8. The highest BCUT2D eigenvalue weighted by Crippen LogP contribution is 2.30. The fourth-order valence-electron chi connectivity index (χ4n) is 3.46. The molecule has 2 atom stereocenters. The molecule has 4 amide bonds. The van der Waals surface area contributed by atoms with Gasteiger partial charge >= 0.3 is 0 Å². The molecule has 11 nitrogen and oxygen atoms in total. The molecular weight excluding hydrogens is 378 g/mol. The van der Waals surface area contributed by atoms with E-state index >= 15 is 0 Å². The zero-order chi connectivity index (χ0) is 20.7. The van der Waals surface area contributed by atoms with E-state index in [1.165, 1.54) is 0 Å². The lowest BCUT2D eigenvalue weighted by molar-refractivity contribution is -0.136. The van der Waals surface area contributed by atoms with E-state index < -0.39 is 29.7 Å². The van der Waals surface area contributed by atoms with Gasteiger partial charge in [0.2, 0.25) is 17.8 Å². The summed E-state index contributed by atoms with van der Waals surface area (Å²) in [6.45, 7) is 1.96. The minimum Gasteiger partial charge on any atom is -0.349 e. The fourth-order valence-corrected chi connectivity index (χ4v) is 3.46. The van der Waals surface area contributed by atoms with Gasteiger partial charge in [0.05, 0.1) is 17.2 Å². The van der Waals surface area contributed by atoms with Crippen molar-refractivity contribution in [1.82, 2.24) is 25.4 Å². The number of carbonyl (C=O) groups excluding carboxylic acids is 4. The van der Waals surface area contributed by atoms with Crippen molar-refractivity contribution in [1.29, 1.82) is 0 Å². The summed E-state index contributed by atoms with van der Waals surface area (Å²) in [4.78, 5) is 54.5. The van der Waals surface area contributed by atoms with Crippen molar-refractivity contribution < 1.29 is 19.2 Å². The molecule has 2 aliphatic rings. The molecule has 1 fully saturated rings. The van der Waals surface area contributed by atoms with Crippen LogP contribution in [0.2, 0.25) is 0 Å². The van der Waals surface area contributed by atoms with Crippen molar-refractivity contribution in [3.63, 3.8) is 0 Å². The Morgan fingerprint density at radius 3 is 2.76 bits per heavy atom. The van der Waals surface area contributed by atoms with Gasteiger partial charge in [0.1, 0.15) is 11.9 Å². The number of rotatable bonds is 5. The normalized spacial score (nSPS) is 19.9. The van der Waals surface area contributed by atoms with Gasteiger partial charge in [-0.25, -0.2) is 0 Å². The van der Waals surface area contributed by atoms with Gasteiger partial charge in [-0.3, -0.25) is 34.5 Å². The van der Waals surface area contributed by atoms with Crippen molar-refractivity contribution in [3.8, 4) is 0 Å². The van der Waals surface area contributed by atoms with Crippen LogP contribution in [0.3, 0.4) is 0 Å². The first-order chi connectivity index (χ1) is 13.9. The largest absolute Gasteiger partial charge is 0.349 e. The Hall–Kier alpha value is -3.60. The van der Waals surface area contributed by atoms with Crippen LogP contribution in [0.5, 0.6) is 0 Å². The Bertz CT molecular complexity index is 1030. The fraction of sp³-hybridized carbons (Fsp3) is 0.333. The number of nitrogens with one attached hydrogen (secondary N) is 3. The first kappa shape index (κ1) is 18.7. The number of hydrogen-bond donors (Lipinski definition) is 4. The topological polar surface area (TPSA) is 163 Å². The number of aromatic amines is 1. The molecule has 0 aliphatic carbocycles. The van der Waals surface area contributed by atoms with Gasteiger partial charge in [-0.05, 0) is 25.0 Å². The third-order valence-corrected chi connectivity index (χ3v) is 4.93. The van der Waals surface area contributed by atoms with Crippen LogP contribution in [-0.4, -0.2) is 49.8 Å². The number of H-pyrrole nitrogens is 1. The van der Waals surface area contributed by atoms with Gasteiger partial charge in [-0.2, -0.15) is 4.98 Å². The lowest BCUT2D eigenvalue weighted by atomic mass is 10.0. The first-order valence-corrected chi connectivity index (χ1v) is 9.12. The number of carbonyl (C=O) groups is 4. The number of benzene rings is 1. The van der Waals surface area contributed by atoms with E-state index in [2.05, 4.69) is 25.8 Å². The second kappa shape index (κ2) is 7.09. The predicted octanol–water partition coefficient (Wildman–Crippen LogP) is -0.162. The Labute approximate surface area is 165 Å². The molecule has 2 aliphatic heterocycles. The number of imide groups is 2. The molecule has 1 aromatic carbocycles. The minimum atomic E-state index is -0.998. The SMILES string of the molecule is CC(N)c1nc(NCc2cccc3c2C(=O)N(C2CCC(=O)NC2=O)C3=O)n[nH]1. The third kappa shape index (κ3) is 3.25. The molecule has 1 aromatic heterocycles. The molecule has 5 N–H and O–H groups in total. The van der Waals surface area contributed by atoms with Crippen LogP contribution < -0.4 is 16.4 Å². The third-order valence-electron chi connectivity index (χ3n) is 4.93. The molecule has 4 rings (SSSR count). The molecule has 0 saturated carbocycles. The maximum Gasteiger partial charge on any atom is 0.262 e. The quantitative estimate of drug-likeness (QED) is 0.506. The predicted molar refractivity (Wildman–Crippen MR) is 99.4 cm³/mol. The second-order valence-electron chi connectivity index (χ2n) is 6.97. The van der Waals surface area contributed by atoms with E-state index in [0.717, 1.165) is 4.90 Å². The van der Waals surface area contributed by atoms with Crippen LogP contribution in [0.25, 0.3) is 0 Å². The molecule has 0 bridgehead atoms. The molecule has 150 valence electrons. The van der Waals surface area contributed by atoms with Crippen molar-refractivity contribution in [2.75, 3.05) is 5.32 Å². The van der Waals surface area contributed by atoms with Crippen molar-refractivity contribution in [2.24, 2.45) is 5.73 Å². The number of amides is 4. The molecule has 2 aromatic rings. The van der Waals surface area contributed by atoms with E-state index in [4.69, 9.17) is 5.73 Å². The van der Waals surface area contributed by atoms with E-state index in [1.54, 1.807) is 25.1 Å². The summed E-state index contributed by atoms with van der Waals surface area (Å²) in [5.74, 6) is -1.32. The summed E-state index contributed by atoms with van der Waals surface area (Å²) < 4.78 is 0. The highest BCUT2D eigenvalue weighted by Gasteiger charge is 2.45. The van der Waals surface area contributed by atoms with E-state index in [-0.39, 0.29) is 36.6 Å². The molecule has 2 unspecified atom stereocenters. The standard InChI is InChI=1S/C18H19N7O4/c1-8(19)14-22-18(24-23-14)20-7-9-3-2-4-10-13(9)17(29)25(16(10)28)11-5-6-12(26)21-15(11)27/h2-4,8,11H,5-7,19H2,1H3,(H,21,26,27)(H2,20,22,23,24). The molecule has 3 heterocycles. The van der Waals surface area contributed by atoms with Crippen molar-refractivity contribution in [2.45, 2.75) is 38.4 Å². The number of aromatic nitrogens is 3.